The fourth-order valence-corrected chi connectivity index (χ4v) is 7.31. The van der Waals surface area contributed by atoms with Crippen LogP contribution < -0.4 is 15.1 Å². The number of imidazole rings is 1. The van der Waals surface area contributed by atoms with Crippen molar-refractivity contribution in [3.63, 3.8) is 0 Å². The molecule has 2 aliphatic rings. The third-order valence-electron chi connectivity index (χ3n) is 10.2. The average Bonchev–Trinajstić information content (AvgIpc) is 3.84. The lowest BCUT2D eigenvalue weighted by Crippen LogP contribution is -2.38. The van der Waals surface area contributed by atoms with Gasteiger partial charge in [0, 0.05) is 45.1 Å². The maximum absolute atomic E-state index is 14.0. The van der Waals surface area contributed by atoms with E-state index >= 15 is 0 Å². The van der Waals surface area contributed by atoms with Gasteiger partial charge in [0.15, 0.2) is 11.4 Å². The summed E-state index contributed by atoms with van der Waals surface area (Å²) < 4.78 is 80.7. The van der Waals surface area contributed by atoms with E-state index in [1.165, 1.54) is 24.5 Å². The molecular formula is C37H43F6N9O2. The molecule has 0 radical (unpaired) electrons. The van der Waals surface area contributed by atoms with E-state index in [2.05, 4.69) is 35.2 Å². The summed E-state index contributed by atoms with van der Waals surface area (Å²) in [5.41, 5.74) is 2.19. The Morgan fingerprint density at radius 3 is 2.33 bits per heavy atom. The van der Waals surface area contributed by atoms with Crippen LogP contribution in [0.2, 0.25) is 0 Å². The molecule has 2 aliphatic heterocycles. The van der Waals surface area contributed by atoms with Crippen molar-refractivity contribution in [2.75, 3.05) is 36.0 Å². The van der Waals surface area contributed by atoms with Gasteiger partial charge in [0.05, 0.1) is 23.6 Å². The zero-order chi connectivity index (χ0) is 38.3. The van der Waals surface area contributed by atoms with Crippen molar-refractivity contribution in [3.8, 4) is 0 Å². The number of anilines is 2. The number of carbonyl (C=O) groups is 2. The van der Waals surface area contributed by atoms with Gasteiger partial charge in [-0.25, -0.2) is 24.9 Å². The molecule has 54 heavy (non-hydrogen) atoms. The Kier molecular flexibility index (Phi) is 12.3. The van der Waals surface area contributed by atoms with Gasteiger partial charge in [-0.05, 0) is 87.8 Å². The van der Waals surface area contributed by atoms with Crippen LogP contribution in [0.4, 0.5) is 38.0 Å². The van der Waals surface area contributed by atoms with Gasteiger partial charge in [-0.15, -0.1) is 0 Å². The minimum atomic E-state index is -4.79. The molecule has 1 amide bonds. The third kappa shape index (κ3) is 10.0. The number of ketones is 1. The smallest absolute Gasteiger partial charge is 0.356 e. The fourth-order valence-electron chi connectivity index (χ4n) is 7.31. The Bertz CT molecular complexity index is 1870. The minimum absolute atomic E-state index is 0.0205. The number of halogens is 6. The van der Waals surface area contributed by atoms with Crippen LogP contribution in [-0.4, -0.2) is 73.8 Å². The van der Waals surface area contributed by atoms with E-state index in [1.54, 1.807) is 11.2 Å². The number of aromatic nitrogens is 6. The summed E-state index contributed by atoms with van der Waals surface area (Å²) in [5, 5.41) is 2.96. The number of nitrogens with zero attached hydrogens (tertiary/aromatic N) is 7. The number of nitrogens with one attached hydrogen (secondary N) is 2. The second-order valence-corrected chi connectivity index (χ2v) is 14.0. The van der Waals surface area contributed by atoms with Crippen LogP contribution in [0, 0.1) is 5.92 Å². The van der Waals surface area contributed by atoms with Gasteiger partial charge in [0.1, 0.15) is 23.5 Å². The summed E-state index contributed by atoms with van der Waals surface area (Å²) in [6.07, 6.45) is 0.679. The number of aryl methyl sites for hydroxylation is 2. The summed E-state index contributed by atoms with van der Waals surface area (Å²) in [7, 11) is 0. The highest BCUT2D eigenvalue weighted by atomic mass is 19.4. The molecule has 0 spiro atoms. The summed E-state index contributed by atoms with van der Waals surface area (Å²) in [6.45, 7) is 1.90. The van der Waals surface area contributed by atoms with Crippen LogP contribution in [0.1, 0.15) is 86.9 Å². The monoisotopic (exact) mass is 759 g/mol. The molecule has 17 heteroatoms. The van der Waals surface area contributed by atoms with E-state index in [0.717, 1.165) is 49.0 Å². The first kappa shape index (κ1) is 38.9. The Morgan fingerprint density at radius 2 is 1.59 bits per heavy atom. The number of Topliss-reactive ketones (excluding diaryl/α,β-unsaturated/α-hetero) is 1. The van der Waals surface area contributed by atoms with Crippen molar-refractivity contribution in [1.82, 2.24) is 35.2 Å². The van der Waals surface area contributed by atoms with Gasteiger partial charge >= 0.3 is 12.4 Å². The first-order chi connectivity index (χ1) is 25.8. The number of piperidine rings is 1. The van der Waals surface area contributed by atoms with E-state index in [-0.39, 0.29) is 29.7 Å². The van der Waals surface area contributed by atoms with Crippen LogP contribution in [0.5, 0.6) is 0 Å². The van der Waals surface area contributed by atoms with Crippen molar-refractivity contribution >= 4 is 34.5 Å². The van der Waals surface area contributed by atoms with Crippen molar-refractivity contribution in [2.24, 2.45) is 5.92 Å². The molecular weight excluding hydrogens is 716 g/mol. The molecule has 0 aliphatic carbocycles. The Labute approximate surface area is 308 Å². The van der Waals surface area contributed by atoms with Gasteiger partial charge in [-0.1, -0.05) is 12.1 Å². The number of amides is 1. The lowest BCUT2D eigenvalue weighted by atomic mass is 9.91. The summed E-state index contributed by atoms with van der Waals surface area (Å²) in [4.78, 5) is 52.5. The number of hydrogen-bond acceptors (Lipinski definition) is 9. The van der Waals surface area contributed by atoms with Crippen LogP contribution in [-0.2, 0) is 34.8 Å². The number of benzene rings is 1. The molecule has 2 fully saturated rings. The van der Waals surface area contributed by atoms with Crippen LogP contribution in [0.15, 0.2) is 43.0 Å². The summed E-state index contributed by atoms with van der Waals surface area (Å²) in [5.74, 6) is -0.856. The third-order valence-corrected chi connectivity index (χ3v) is 10.2. The number of rotatable bonds is 15. The standard InChI is InChI=1S/C37H43F6N9O2/c38-36(39,40)26-13-11-24(12-14-26)5-1-9-29(53)28-8-4-18-52(28)31-21-30(49-35(50-31)37(41,42)43)51-19-15-25(16-20-51)6-2-10-32(54)44-17-3-7-27-33-34(47-22-45-27)48-23-46-33/h11-14,21-23,25,28H,1-10,15-20H2,(H,44,54)(H,45,46,47,48)/t28-/m0/s1. The molecule has 2 N–H and O–H groups in total. The van der Waals surface area contributed by atoms with Crippen molar-refractivity contribution < 1.29 is 35.9 Å². The molecule has 4 aromatic rings. The second-order valence-electron chi connectivity index (χ2n) is 14.0. The second kappa shape index (κ2) is 17.1. The number of carbonyl (C=O) groups excluding carboxylic acids is 2. The van der Waals surface area contributed by atoms with Gasteiger partial charge in [-0.3, -0.25) is 9.59 Å². The Morgan fingerprint density at radius 1 is 0.833 bits per heavy atom. The molecule has 290 valence electrons. The summed E-state index contributed by atoms with van der Waals surface area (Å²) in [6, 6.07) is 5.70. The number of aromatic amines is 1. The van der Waals surface area contributed by atoms with E-state index in [9.17, 15) is 35.9 Å². The molecule has 2 saturated heterocycles. The van der Waals surface area contributed by atoms with Crippen LogP contribution in [0.3, 0.4) is 0 Å². The lowest BCUT2D eigenvalue weighted by molar-refractivity contribution is -0.144. The highest BCUT2D eigenvalue weighted by Crippen LogP contribution is 2.35. The quantitative estimate of drug-likeness (QED) is 0.0984. The zero-order valence-electron chi connectivity index (χ0n) is 29.7. The van der Waals surface area contributed by atoms with Gasteiger partial charge in [-0.2, -0.15) is 26.3 Å². The maximum atomic E-state index is 14.0. The normalized spacial score (nSPS) is 17.0. The van der Waals surface area contributed by atoms with Crippen LogP contribution in [0.25, 0.3) is 11.2 Å². The Hall–Kier alpha value is -4.83. The SMILES string of the molecule is O=C(CCCC1CCN(c2cc(N3CCC[C@H]3C(=O)CCCc3ccc(C(F)(F)F)cc3)nc(C(F)(F)F)n2)CC1)NCCCc1ncnc2nc[nH]c12. The molecule has 3 aromatic heterocycles. The molecule has 1 atom stereocenters. The van der Waals surface area contributed by atoms with E-state index in [4.69, 9.17) is 0 Å². The number of alkyl halides is 6. The highest BCUT2D eigenvalue weighted by Gasteiger charge is 2.39. The molecule has 11 nitrogen and oxygen atoms in total. The van der Waals surface area contributed by atoms with E-state index < -0.39 is 29.8 Å². The predicted molar refractivity (Wildman–Crippen MR) is 189 cm³/mol. The molecule has 0 saturated carbocycles. The van der Waals surface area contributed by atoms with Gasteiger partial charge in [0.2, 0.25) is 11.7 Å². The lowest BCUT2D eigenvalue weighted by Gasteiger charge is -2.34. The van der Waals surface area contributed by atoms with Crippen molar-refractivity contribution in [1.29, 1.82) is 0 Å². The van der Waals surface area contributed by atoms with Gasteiger partial charge in [0.25, 0.3) is 0 Å². The number of hydrogen-bond donors (Lipinski definition) is 2. The predicted octanol–water partition coefficient (Wildman–Crippen LogP) is 6.88. The molecule has 0 unspecified atom stereocenters. The fraction of sp³-hybridized carbons (Fsp3) is 0.541. The maximum Gasteiger partial charge on any atom is 0.451 e. The van der Waals surface area contributed by atoms with Gasteiger partial charge < -0.3 is 20.1 Å². The molecule has 6 rings (SSSR count). The van der Waals surface area contributed by atoms with E-state index in [0.29, 0.717) is 88.3 Å². The van der Waals surface area contributed by atoms with Crippen molar-refractivity contribution in [3.05, 3.63) is 65.6 Å². The summed E-state index contributed by atoms with van der Waals surface area (Å²) >= 11 is 0. The Balaban J connectivity index is 0.964. The largest absolute Gasteiger partial charge is 0.451 e. The zero-order valence-corrected chi connectivity index (χ0v) is 29.7. The first-order valence-corrected chi connectivity index (χ1v) is 18.4. The number of fused-ring (bicyclic) bond motifs is 1. The number of H-pyrrole nitrogens is 1. The van der Waals surface area contributed by atoms with Crippen LogP contribution >= 0.6 is 0 Å². The van der Waals surface area contributed by atoms with Crippen molar-refractivity contribution in [2.45, 2.75) is 95.4 Å². The minimum Gasteiger partial charge on any atom is -0.356 e. The van der Waals surface area contributed by atoms with E-state index in [1.807, 2.05) is 4.90 Å². The molecule has 0 bridgehead atoms. The molecule has 5 heterocycles. The average molecular weight is 760 g/mol. The highest BCUT2D eigenvalue weighted by molar-refractivity contribution is 5.87. The topological polar surface area (TPSA) is 133 Å². The molecule has 1 aromatic carbocycles. The first-order valence-electron chi connectivity index (χ1n) is 18.4.